The lowest BCUT2D eigenvalue weighted by Crippen LogP contribution is -2.08. The fraction of sp³-hybridized carbons (Fsp3) is 0.444. The Balaban J connectivity index is 1.58. The third-order valence-electron chi connectivity index (χ3n) is 5.24. The largest absolute Gasteiger partial charge is 0.282 e. The Kier molecular flexibility index (Phi) is 4.30. The van der Waals surface area contributed by atoms with Gasteiger partial charge in [0.2, 0.25) is 0 Å². The van der Waals surface area contributed by atoms with Gasteiger partial charge in [-0.1, -0.05) is 6.92 Å². The molecule has 0 N–H and O–H groups in total. The number of rotatable bonds is 4. The number of hydrogen-bond acceptors (Lipinski definition) is 5. The van der Waals surface area contributed by atoms with Crippen LogP contribution in [0.4, 0.5) is 17.6 Å². The summed E-state index contributed by atoms with van der Waals surface area (Å²) in [7, 11) is 0. The maximum atomic E-state index is 13.2. The molecule has 6 nitrogen and oxygen atoms in total. The SMILES string of the molecule is C[C@H]1CCc2c(sc3ncn4nc(Cn5nc(C(F)F)cc5C(F)F)nc4c23)C1. The average molecular weight is 424 g/mol. The molecule has 1 aliphatic carbocycles. The van der Waals surface area contributed by atoms with Gasteiger partial charge in [-0.15, -0.1) is 16.4 Å². The molecule has 0 radical (unpaired) electrons. The molecule has 0 amide bonds. The van der Waals surface area contributed by atoms with Crippen molar-refractivity contribution >= 4 is 27.2 Å². The van der Waals surface area contributed by atoms with Crippen molar-refractivity contribution in [2.45, 2.75) is 45.6 Å². The van der Waals surface area contributed by atoms with Crippen molar-refractivity contribution in [2.75, 3.05) is 0 Å². The van der Waals surface area contributed by atoms with E-state index in [9.17, 15) is 17.6 Å². The molecule has 0 spiro atoms. The Morgan fingerprint density at radius 1 is 1.21 bits per heavy atom. The van der Waals surface area contributed by atoms with Gasteiger partial charge in [-0.05, 0) is 36.8 Å². The highest BCUT2D eigenvalue weighted by Crippen LogP contribution is 2.38. The summed E-state index contributed by atoms with van der Waals surface area (Å²) in [6.07, 6.45) is -1.28. The molecule has 4 aromatic heterocycles. The topological polar surface area (TPSA) is 60.9 Å². The van der Waals surface area contributed by atoms with E-state index in [1.807, 2.05) is 0 Å². The van der Waals surface area contributed by atoms with Crippen LogP contribution >= 0.6 is 11.3 Å². The van der Waals surface area contributed by atoms with Gasteiger partial charge in [-0.2, -0.15) is 5.10 Å². The Morgan fingerprint density at radius 2 is 2.03 bits per heavy atom. The lowest BCUT2D eigenvalue weighted by Gasteiger charge is -2.17. The number of nitrogens with zero attached hydrogens (tertiary/aromatic N) is 6. The van der Waals surface area contributed by atoms with Gasteiger partial charge < -0.3 is 0 Å². The van der Waals surface area contributed by atoms with E-state index in [-0.39, 0.29) is 12.4 Å². The third kappa shape index (κ3) is 3.07. The van der Waals surface area contributed by atoms with Crippen molar-refractivity contribution in [1.82, 2.24) is 29.4 Å². The van der Waals surface area contributed by atoms with Crippen LogP contribution < -0.4 is 0 Å². The highest BCUT2D eigenvalue weighted by molar-refractivity contribution is 7.19. The van der Waals surface area contributed by atoms with Crippen molar-refractivity contribution in [3.05, 3.63) is 40.0 Å². The van der Waals surface area contributed by atoms with Crippen LogP contribution in [0.1, 0.15) is 53.8 Å². The van der Waals surface area contributed by atoms with E-state index in [4.69, 9.17) is 0 Å². The number of halogens is 4. The second kappa shape index (κ2) is 6.75. The van der Waals surface area contributed by atoms with Crippen LogP contribution in [-0.2, 0) is 19.4 Å². The summed E-state index contributed by atoms with van der Waals surface area (Å²) in [5.41, 5.74) is 0.572. The molecule has 0 bridgehead atoms. The molecule has 0 saturated carbocycles. The Bertz CT molecular complexity index is 1210. The first kappa shape index (κ1) is 18.5. The molecule has 0 saturated heterocycles. The average Bonchev–Trinajstić information content (AvgIpc) is 3.35. The molecular formula is C18H16F4N6S. The van der Waals surface area contributed by atoms with Gasteiger partial charge in [0.1, 0.15) is 29.1 Å². The standard InChI is InChI=1S/C18H16F4N6S/c1-8-2-3-9-12(4-8)29-18-14(9)17-24-13(26-28(17)7-23-18)6-27-11(16(21)22)5-10(25-27)15(19)20/h5,7-8,15-16H,2-4,6H2,1H3/t8-/m0/s1. The zero-order valence-corrected chi connectivity index (χ0v) is 16.1. The molecule has 4 heterocycles. The second-order valence-electron chi connectivity index (χ2n) is 7.33. The molecule has 4 aromatic rings. The normalized spacial score (nSPS) is 17.1. The lowest BCUT2D eigenvalue weighted by molar-refractivity contribution is 0.139. The van der Waals surface area contributed by atoms with Crippen LogP contribution in [0.2, 0.25) is 0 Å². The van der Waals surface area contributed by atoms with Gasteiger partial charge >= 0.3 is 0 Å². The van der Waals surface area contributed by atoms with E-state index in [2.05, 4.69) is 27.1 Å². The van der Waals surface area contributed by atoms with Crippen LogP contribution in [0, 0.1) is 5.92 Å². The lowest BCUT2D eigenvalue weighted by atomic mass is 9.89. The van der Waals surface area contributed by atoms with Crippen molar-refractivity contribution in [1.29, 1.82) is 0 Å². The zero-order chi connectivity index (χ0) is 20.3. The number of thiophene rings is 1. The Labute approximate surface area is 166 Å². The van der Waals surface area contributed by atoms with E-state index < -0.39 is 24.2 Å². The minimum absolute atomic E-state index is 0.217. The quantitative estimate of drug-likeness (QED) is 0.450. The van der Waals surface area contributed by atoms with Crippen molar-refractivity contribution in [2.24, 2.45) is 5.92 Å². The van der Waals surface area contributed by atoms with Crippen LogP contribution in [0.3, 0.4) is 0 Å². The summed E-state index contributed by atoms with van der Waals surface area (Å²) in [6.45, 7) is 2.00. The number of aromatic nitrogens is 6. The van der Waals surface area contributed by atoms with E-state index in [0.717, 1.165) is 40.2 Å². The summed E-state index contributed by atoms with van der Waals surface area (Å²) in [5, 5.41) is 8.87. The first-order valence-corrected chi connectivity index (χ1v) is 10.0. The second-order valence-corrected chi connectivity index (χ2v) is 8.41. The molecule has 0 aromatic carbocycles. The molecule has 11 heteroatoms. The predicted octanol–water partition coefficient (Wildman–Crippen LogP) is 4.58. The van der Waals surface area contributed by atoms with Crippen molar-refractivity contribution < 1.29 is 17.6 Å². The molecular weight excluding hydrogens is 408 g/mol. The maximum Gasteiger partial charge on any atom is 0.282 e. The molecule has 29 heavy (non-hydrogen) atoms. The first-order valence-electron chi connectivity index (χ1n) is 9.19. The van der Waals surface area contributed by atoms with Gasteiger partial charge in [0.25, 0.3) is 12.9 Å². The minimum atomic E-state index is -2.92. The monoisotopic (exact) mass is 424 g/mol. The number of fused-ring (bicyclic) bond motifs is 5. The summed E-state index contributed by atoms with van der Waals surface area (Å²) >= 11 is 1.65. The fourth-order valence-corrected chi connectivity index (χ4v) is 5.19. The molecule has 0 unspecified atom stereocenters. The summed E-state index contributed by atoms with van der Waals surface area (Å²) < 4.78 is 54.6. The number of alkyl halides is 4. The highest BCUT2D eigenvalue weighted by atomic mass is 32.1. The van der Waals surface area contributed by atoms with Gasteiger partial charge in [0, 0.05) is 4.88 Å². The van der Waals surface area contributed by atoms with Gasteiger partial charge in [0.05, 0.1) is 5.39 Å². The van der Waals surface area contributed by atoms with E-state index in [1.54, 1.807) is 17.7 Å². The number of aryl methyl sites for hydroxylation is 1. The van der Waals surface area contributed by atoms with E-state index in [1.165, 1.54) is 15.0 Å². The molecule has 152 valence electrons. The Morgan fingerprint density at radius 3 is 2.79 bits per heavy atom. The van der Waals surface area contributed by atoms with Crippen LogP contribution in [0.5, 0.6) is 0 Å². The molecule has 0 aliphatic heterocycles. The highest BCUT2D eigenvalue weighted by Gasteiger charge is 2.25. The van der Waals surface area contributed by atoms with Crippen LogP contribution in [-0.4, -0.2) is 29.4 Å². The molecule has 5 rings (SSSR count). The first-order chi connectivity index (χ1) is 13.9. The van der Waals surface area contributed by atoms with E-state index in [0.29, 0.717) is 11.6 Å². The van der Waals surface area contributed by atoms with Crippen LogP contribution in [0.15, 0.2) is 12.4 Å². The van der Waals surface area contributed by atoms with Gasteiger partial charge in [0.15, 0.2) is 11.5 Å². The molecule has 1 atom stereocenters. The summed E-state index contributed by atoms with van der Waals surface area (Å²) in [4.78, 5) is 11.2. The molecule has 0 fully saturated rings. The van der Waals surface area contributed by atoms with Gasteiger partial charge in [-0.3, -0.25) is 4.68 Å². The zero-order valence-electron chi connectivity index (χ0n) is 15.3. The van der Waals surface area contributed by atoms with Gasteiger partial charge in [-0.25, -0.2) is 32.0 Å². The maximum absolute atomic E-state index is 13.2. The molecule has 1 aliphatic rings. The smallest absolute Gasteiger partial charge is 0.256 e. The fourth-order valence-electron chi connectivity index (χ4n) is 3.85. The Hall–Kier alpha value is -2.56. The van der Waals surface area contributed by atoms with Crippen LogP contribution in [0.25, 0.3) is 15.9 Å². The predicted molar refractivity (Wildman–Crippen MR) is 98.6 cm³/mol. The van der Waals surface area contributed by atoms with Crippen molar-refractivity contribution in [3.63, 3.8) is 0 Å². The summed E-state index contributed by atoms with van der Waals surface area (Å²) in [5.74, 6) is 0.839. The number of hydrogen-bond donors (Lipinski definition) is 0. The summed E-state index contributed by atoms with van der Waals surface area (Å²) in [6, 6.07) is 0.724. The third-order valence-corrected chi connectivity index (χ3v) is 6.41. The minimum Gasteiger partial charge on any atom is -0.256 e. The van der Waals surface area contributed by atoms with E-state index >= 15 is 0 Å². The van der Waals surface area contributed by atoms with Crippen molar-refractivity contribution in [3.8, 4) is 0 Å².